The Labute approximate surface area is 103 Å². The molecule has 0 heterocycles. The Morgan fingerprint density at radius 3 is 2.41 bits per heavy atom. The topological polar surface area (TPSA) is 21.3 Å². The Balaban J connectivity index is 2.56. The van der Waals surface area contributed by atoms with Gasteiger partial charge in [0.25, 0.3) is 0 Å². The van der Waals surface area contributed by atoms with E-state index in [1.54, 1.807) is 7.11 Å². The number of halogens is 1. The third kappa shape index (κ3) is 4.84. The number of methoxy groups -OCH3 is 1. The van der Waals surface area contributed by atoms with Crippen molar-refractivity contribution in [2.24, 2.45) is 5.92 Å². The molecule has 1 N–H and O–H groups in total. The zero-order valence-electron chi connectivity index (χ0n) is 10.9. The van der Waals surface area contributed by atoms with Crippen LogP contribution in [0.5, 0.6) is 0 Å². The molecule has 0 amide bonds. The average Bonchev–Trinajstić information content (AvgIpc) is 2.30. The molecule has 0 saturated heterocycles. The van der Waals surface area contributed by atoms with Crippen molar-refractivity contribution in [3.05, 3.63) is 35.6 Å². The lowest BCUT2D eigenvalue weighted by Crippen LogP contribution is -2.27. The van der Waals surface area contributed by atoms with Crippen LogP contribution in [0.15, 0.2) is 24.3 Å². The van der Waals surface area contributed by atoms with E-state index in [4.69, 9.17) is 4.74 Å². The van der Waals surface area contributed by atoms with E-state index in [0.717, 1.165) is 13.1 Å². The molecule has 1 rings (SSSR count). The first-order valence-corrected chi connectivity index (χ1v) is 6.10. The second-order valence-electron chi connectivity index (χ2n) is 4.60. The van der Waals surface area contributed by atoms with E-state index in [1.807, 2.05) is 12.1 Å². The number of hydrogen-bond donors (Lipinski definition) is 1. The normalized spacial score (nSPS) is 13.0. The molecule has 0 aliphatic rings. The Morgan fingerprint density at radius 1 is 1.24 bits per heavy atom. The minimum absolute atomic E-state index is 0.177. The maximum Gasteiger partial charge on any atom is 0.123 e. The predicted octanol–water partition coefficient (Wildman–Crippen LogP) is 2.80. The summed E-state index contributed by atoms with van der Waals surface area (Å²) in [5, 5.41) is 3.36. The van der Waals surface area contributed by atoms with Crippen LogP contribution in [0, 0.1) is 11.7 Å². The Bertz CT molecular complexity index is 311. The molecular weight excluding hydrogens is 217 g/mol. The molecule has 96 valence electrons. The van der Waals surface area contributed by atoms with E-state index in [2.05, 4.69) is 19.2 Å². The number of ether oxygens (including phenoxy) is 1. The molecular formula is C14H22FNO. The quantitative estimate of drug-likeness (QED) is 0.739. The van der Waals surface area contributed by atoms with Crippen molar-refractivity contribution < 1.29 is 9.13 Å². The monoisotopic (exact) mass is 239 g/mol. The van der Waals surface area contributed by atoms with Gasteiger partial charge in [-0.2, -0.15) is 0 Å². The smallest absolute Gasteiger partial charge is 0.123 e. The van der Waals surface area contributed by atoms with E-state index in [9.17, 15) is 4.39 Å². The largest absolute Gasteiger partial charge is 0.383 e. The molecule has 0 aliphatic carbocycles. The van der Waals surface area contributed by atoms with Gasteiger partial charge in [-0.05, 0) is 29.5 Å². The summed E-state index contributed by atoms with van der Waals surface area (Å²) in [5.74, 6) is 0.756. The second-order valence-corrected chi connectivity index (χ2v) is 4.60. The predicted molar refractivity (Wildman–Crippen MR) is 68.7 cm³/mol. The molecule has 0 spiro atoms. The number of benzene rings is 1. The van der Waals surface area contributed by atoms with Gasteiger partial charge in [0.2, 0.25) is 0 Å². The number of hydrogen-bond acceptors (Lipinski definition) is 2. The summed E-state index contributed by atoms with van der Waals surface area (Å²) in [4.78, 5) is 0. The molecule has 0 radical (unpaired) electrons. The van der Waals surface area contributed by atoms with Crippen LogP contribution < -0.4 is 5.32 Å². The molecule has 1 aromatic carbocycles. The van der Waals surface area contributed by atoms with Crippen molar-refractivity contribution in [1.29, 1.82) is 0 Å². The maximum atomic E-state index is 12.9. The standard InChI is InChI=1S/C14H22FNO/c1-11(2)14(10-16-8-9-17-3)12-4-6-13(15)7-5-12/h4-7,11,14,16H,8-10H2,1-3H3. The summed E-state index contributed by atoms with van der Waals surface area (Å²) >= 11 is 0. The van der Waals surface area contributed by atoms with E-state index >= 15 is 0 Å². The lowest BCUT2D eigenvalue weighted by molar-refractivity contribution is 0.198. The van der Waals surface area contributed by atoms with Crippen LogP contribution >= 0.6 is 0 Å². The lowest BCUT2D eigenvalue weighted by Gasteiger charge is -2.22. The molecule has 0 aromatic heterocycles. The Hall–Kier alpha value is -0.930. The highest BCUT2D eigenvalue weighted by Gasteiger charge is 2.15. The summed E-state index contributed by atoms with van der Waals surface area (Å²) in [6.07, 6.45) is 0. The maximum absolute atomic E-state index is 12.9. The molecule has 0 fully saturated rings. The molecule has 1 atom stereocenters. The van der Waals surface area contributed by atoms with E-state index < -0.39 is 0 Å². The first-order valence-electron chi connectivity index (χ1n) is 6.10. The average molecular weight is 239 g/mol. The summed E-state index contributed by atoms with van der Waals surface area (Å²) < 4.78 is 17.9. The molecule has 0 saturated carbocycles. The van der Waals surface area contributed by atoms with Gasteiger partial charge < -0.3 is 10.1 Å². The SMILES string of the molecule is COCCNCC(c1ccc(F)cc1)C(C)C. The van der Waals surface area contributed by atoms with Crippen molar-refractivity contribution in [1.82, 2.24) is 5.32 Å². The summed E-state index contributed by atoms with van der Waals surface area (Å²) in [6.45, 7) is 6.83. The van der Waals surface area contributed by atoms with Crippen LogP contribution in [0.2, 0.25) is 0 Å². The van der Waals surface area contributed by atoms with Crippen molar-refractivity contribution >= 4 is 0 Å². The van der Waals surface area contributed by atoms with Gasteiger partial charge >= 0.3 is 0 Å². The summed E-state index contributed by atoms with van der Waals surface area (Å²) in [7, 11) is 1.70. The van der Waals surface area contributed by atoms with Crippen molar-refractivity contribution in [3.8, 4) is 0 Å². The Kier molecular flexibility index (Phi) is 6.16. The molecule has 0 aliphatic heterocycles. The van der Waals surface area contributed by atoms with Crippen LogP contribution in [0.25, 0.3) is 0 Å². The van der Waals surface area contributed by atoms with Gasteiger partial charge in [-0.25, -0.2) is 4.39 Å². The van der Waals surface area contributed by atoms with Crippen LogP contribution in [0.3, 0.4) is 0 Å². The van der Waals surface area contributed by atoms with E-state index in [-0.39, 0.29) is 5.82 Å². The minimum Gasteiger partial charge on any atom is -0.383 e. The van der Waals surface area contributed by atoms with Gasteiger partial charge in [0.15, 0.2) is 0 Å². The summed E-state index contributed by atoms with van der Waals surface area (Å²) in [6, 6.07) is 6.80. The van der Waals surface area contributed by atoms with Crippen LogP contribution in [0.4, 0.5) is 4.39 Å². The molecule has 17 heavy (non-hydrogen) atoms. The van der Waals surface area contributed by atoms with Crippen molar-refractivity contribution in [2.45, 2.75) is 19.8 Å². The fourth-order valence-electron chi connectivity index (χ4n) is 1.88. The highest BCUT2D eigenvalue weighted by Crippen LogP contribution is 2.23. The highest BCUT2D eigenvalue weighted by atomic mass is 19.1. The third-order valence-electron chi connectivity index (χ3n) is 2.95. The molecule has 1 aromatic rings. The van der Waals surface area contributed by atoms with E-state index in [1.165, 1.54) is 17.7 Å². The Morgan fingerprint density at radius 2 is 1.88 bits per heavy atom. The summed E-state index contributed by atoms with van der Waals surface area (Å²) in [5.41, 5.74) is 1.19. The molecule has 3 heteroatoms. The van der Waals surface area contributed by atoms with Crippen molar-refractivity contribution in [3.63, 3.8) is 0 Å². The first kappa shape index (κ1) is 14.1. The highest BCUT2D eigenvalue weighted by molar-refractivity contribution is 5.21. The fourth-order valence-corrected chi connectivity index (χ4v) is 1.88. The van der Waals surface area contributed by atoms with E-state index in [0.29, 0.717) is 18.4 Å². The first-order chi connectivity index (χ1) is 8.15. The molecule has 1 unspecified atom stereocenters. The second kappa shape index (κ2) is 7.41. The molecule has 0 bridgehead atoms. The fraction of sp³-hybridized carbons (Fsp3) is 0.571. The van der Waals surface area contributed by atoms with Crippen LogP contribution in [-0.2, 0) is 4.74 Å². The van der Waals surface area contributed by atoms with Crippen molar-refractivity contribution in [2.75, 3.05) is 26.8 Å². The van der Waals surface area contributed by atoms with Gasteiger partial charge in [0, 0.05) is 20.2 Å². The zero-order valence-corrected chi connectivity index (χ0v) is 10.9. The van der Waals surface area contributed by atoms with Gasteiger partial charge in [-0.15, -0.1) is 0 Å². The minimum atomic E-state index is -0.177. The zero-order chi connectivity index (χ0) is 12.7. The molecule has 2 nitrogen and oxygen atoms in total. The third-order valence-corrected chi connectivity index (χ3v) is 2.95. The lowest BCUT2D eigenvalue weighted by atomic mass is 9.88. The van der Waals surface area contributed by atoms with Gasteiger partial charge in [0.05, 0.1) is 6.61 Å². The van der Waals surface area contributed by atoms with Crippen LogP contribution in [-0.4, -0.2) is 26.8 Å². The number of nitrogens with one attached hydrogen (secondary N) is 1. The van der Waals surface area contributed by atoms with Gasteiger partial charge in [-0.1, -0.05) is 26.0 Å². The number of rotatable bonds is 7. The van der Waals surface area contributed by atoms with Gasteiger partial charge in [0.1, 0.15) is 5.82 Å². The van der Waals surface area contributed by atoms with Crippen LogP contribution in [0.1, 0.15) is 25.3 Å². The van der Waals surface area contributed by atoms with Gasteiger partial charge in [-0.3, -0.25) is 0 Å².